The number of halogens is 1. The van der Waals surface area contributed by atoms with Gasteiger partial charge in [0.2, 0.25) is 5.91 Å². The second-order valence-corrected chi connectivity index (χ2v) is 4.11. The van der Waals surface area contributed by atoms with Gasteiger partial charge < -0.3 is 5.32 Å². The van der Waals surface area contributed by atoms with Crippen LogP contribution in [0.3, 0.4) is 0 Å². The molecule has 0 aliphatic heterocycles. The Balaban J connectivity index is 1.94. The molecule has 1 aromatic carbocycles. The SMILES string of the molecule is O=C(C=Cc1cccc(Cl)c1)NC1CC1. The predicted octanol–water partition coefficient (Wildman–Crippen LogP) is 2.63. The van der Waals surface area contributed by atoms with Crippen molar-refractivity contribution in [2.75, 3.05) is 0 Å². The molecule has 1 aliphatic carbocycles. The van der Waals surface area contributed by atoms with E-state index in [1.807, 2.05) is 24.3 Å². The van der Waals surface area contributed by atoms with Crippen molar-refractivity contribution in [3.63, 3.8) is 0 Å². The van der Waals surface area contributed by atoms with Crippen molar-refractivity contribution >= 4 is 23.6 Å². The largest absolute Gasteiger partial charge is 0.350 e. The first-order chi connectivity index (χ1) is 7.24. The molecule has 0 saturated heterocycles. The molecule has 3 heteroatoms. The van der Waals surface area contributed by atoms with Gasteiger partial charge in [-0.15, -0.1) is 0 Å². The third-order valence-corrected chi connectivity index (χ3v) is 2.43. The lowest BCUT2D eigenvalue weighted by Gasteiger charge is -1.97. The maximum absolute atomic E-state index is 11.3. The zero-order chi connectivity index (χ0) is 10.7. The molecule has 0 bridgehead atoms. The molecule has 15 heavy (non-hydrogen) atoms. The highest BCUT2D eigenvalue weighted by atomic mass is 35.5. The summed E-state index contributed by atoms with van der Waals surface area (Å²) in [6.07, 6.45) is 5.53. The number of hydrogen-bond donors (Lipinski definition) is 1. The number of amides is 1. The minimum Gasteiger partial charge on any atom is -0.350 e. The molecule has 78 valence electrons. The van der Waals surface area contributed by atoms with E-state index >= 15 is 0 Å². The van der Waals surface area contributed by atoms with E-state index in [9.17, 15) is 4.79 Å². The first-order valence-electron chi connectivity index (χ1n) is 4.98. The van der Waals surface area contributed by atoms with Crippen LogP contribution in [0.15, 0.2) is 30.3 Å². The Morgan fingerprint density at radius 1 is 1.47 bits per heavy atom. The summed E-state index contributed by atoms with van der Waals surface area (Å²) in [7, 11) is 0. The van der Waals surface area contributed by atoms with Gasteiger partial charge in [-0.25, -0.2) is 0 Å². The summed E-state index contributed by atoms with van der Waals surface area (Å²) in [6, 6.07) is 7.81. The van der Waals surface area contributed by atoms with Gasteiger partial charge in [0.15, 0.2) is 0 Å². The molecule has 1 amide bonds. The van der Waals surface area contributed by atoms with Crippen LogP contribution >= 0.6 is 11.6 Å². The van der Waals surface area contributed by atoms with Crippen molar-refractivity contribution in [1.82, 2.24) is 5.32 Å². The van der Waals surface area contributed by atoms with E-state index in [0.717, 1.165) is 18.4 Å². The molecule has 1 saturated carbocycles. The zero-order valence-electron chi connectivity index (χ0n) is 8.24. The quantitative estimate of drug-likeness (QED) is 0.782. The molecule has 0 aromatic heterocycles. The number of carbonyl (C=O) groups excluding carboxylic acids is 1. The first kappa shape index (κ1) is 10.2. The average molecular weight is 222 g/mol. The van der Waals surface area contributed by atoms with Crippen LogP contribution in [0.5, 0.6) is 0 Å². The summed E-state index contributed by atoms with van der Waals surface area (Å²) >= 11 is 5.82. The van der Waals surface area contributed by atoms with Crippen LogP contribution in [0.25, 0.3) is 6.08 Å². The van der Waals surface area contributed by atoms with Crippen LogP contribution in [0.4, 0.5) is 0 Å². The fourth-order valence-electron chi connectivity index (χ4n) is 1.26. The van der Waals surface area contributed by atoms with Crippen molar-refractivity contribution < 1.29 is 4.79 Å². The van der Waals surface area contributed by atoms with E-state index in [1.54, 1.807) is 12.2 Å². The topological polar surface area (TPSA) is 29.1 Å². The Morgan fingerprint density at radius 2 is 2.27 bits per heavy atom. The second kappa shape index (κ2) is 4.49. The maximum Gasteiger partial charge on any atom is 0.244 e. The van der Waals surface area contributed by atoms with Crippen LogP contribution in [0.1, 0.15) is 18.4 Å². The minimum atomic E-state index is -0.0301. The fourth-order valence-corrected chi connectivity index (χ4v) is 1.46. The van der Waals surface area contributed by atoms with Gasteiger partial charge in [0.1, 0.15) is 0 Å². The van der Waals surface area contributed by atoms with Crippen molar-refractivity contribution in [3.05, 3.63) is 40.9 Å². The van der Waals surface area contributed by atoms with E-state index in [0.29, 0.717) is 11.1 Å². The zero-order valence-corrected chi connectivity index (χ0v) is 9.00. The van der Waals surface area contributed by atoms with Crippen molar-refractivity contribution in [2.45, 2.75) is 18.9 Å². The highest BCUT2D eigenvalue weighted by molar-refractivity contribution is 6.30. The molecule has 2 nitrogen and oxygen atoms in total. The smallest absolute Gasteiger partial charge is 0.244 e. The molecule has 0 radical (unpaired) electrons. The third-order valence-electron chi connectivity index (χ3n) is 2.20. The van der Waals surface area contributed by atoms with Crippen LogP contribution in [0, 0.1) is 0 Å². The Morgan fingerprint density at radius 3 is 2.93 bits per heavy atom. The summed E-state index contributed by atoms with van der Waals surface area (Å²) in [5.74, 6) is -0.0301. The summed E-state index contributed by atoms with van der Waals surface area (Å²) in [6.45, 7) is 0. The number of hydrogen-bond acceptors (Lipinski definition) is 1. The van der Waals surface area contributed by atoms with E-state index in [2.05, 4.69) is 5.32 Å². The molecule has 0 heterocycles. The Kier molecular flexibility index (Phi) is 3.07. The molecule has 2 rings (SSSR count). The molecule has 1 aromatic rings. The van der Waals surface area contributed by atoms with E-state index < -0.39 is 0 Å². The number of nitrogens with one attached hydrogen (secondary N) is 1. The van der Waals surface area contributed by atoms with Gasteiger partial charge in [0.05, 0.1) is 0 Å². The second-order valence-electron chi connectivity index (χ2n) is 3.67. The lowest BCUT2D eigenvalue weighted by Crippen LogP contribution is -2.22. The molecule has 0 atom stereocenters. The van der Waals surface area contributed by atoms with Crippen LogP contribution in [0.2, 0.25) is 5.02 Å². The molecular formula is C12H12ClNO. The van der Waals surface area contributed by atoms with Crippen LogP contribution < -0.4 is 5.32 Å². The van der Waals surface area contributed by atoms with Crippen LogP contribution in [-0.2, 0) is 4.79 Å². The lowest BCUT2D eigenvalue weighted by atomic mass is 10.2. The maximum atomic E-state index is 11.3. The third kappa shape index (κ3) is 3.40. The van der Waals surface area contributed by atoms with Crippen molar-refractivity contribution in [3.8, 4) is 0 Å². The van der Waals surface area contributed by atoms with Gasteiger partial charge in [0.25, 0.3) is 0 Å². The Bertz CT molecular complexity index is 396. The predicted molar refractivity (Wildman–Crippen MR) is 61.7 cm³/mol. The van der Waals surface area contributed by atoms with Gasteiger partial charge in [-0.05, 0) is 36.6 Å². The van der Waals surface area contributed by atoms with Crippen molar-refractivity contribution in [2.24, 2.45) is 0 Å². The summed E-state index contributed by atoms with van der Waals surface area (Å²) in [5.41, 5.74) is 0.938. The van der Waals surface area contributed by atoms with E-state index in [1.165, 1.54) is 0 Å². The normalized spacial score (nSPS) is 15.5. The highest BCUT2D eigenvalue weighted by Gasteiger charge is 2.21. The van der Waals surface area contributed by atoms with E-state index in [4.69, 9.17) is 11.6 Å². The first-order valence-corrected chi connectivity index (χ1v) is 5.36. The highest BCUT2D eigenvalue weighted by Crippen LogP contribution is 2.18. The van der Waals surface area contributed by atoms with Gasteiger partial charge in [0, 0.05) is 17.1 Å². The molecular weight excluding hydrogens is 210 g/mol. The Labute approximate surface area is 93.9 Å². The number of rotatable bonds is 3. The van der Waals surface area contributed by atoms with Crippen LogP contribution in [-0.4, -0.2) is 11.9 Å². The Hall–Kier alpha value is -1.28. The van der Waals surface area contributed by atoms with Gasteiger partial charge >= 0.3 is 0 Å². The number of carbonyl (C=O) groups is 1. The summed E-state index contributed by atoms with van der Waals surface area (Å²) in [4.78, 5) is 11.3. The summed E-state index contributed by atoms with van der Waals surface area (Å²) < 4.78 is 0. The minimum absolute atomic E-state index is 0.0301. The molecule has 0 unspecified atom stereocenters. The summed E-state index contributed by atoms with van der Waals surface area (Å²) in [5, 5.41) is 3.56. The standard InChI is InChI=1S/C12H12ClNO/c13-10-3-1-2-9(8-10)4-7-12(15)14-11-5-6-11/h1-4,7-8,11H,5-6H2,(H,14,15). The van der Waals surface area contributed by atoms with Gasteiger partial charge in [-0.2, -0.15) is 0 Å². The van der Waals surface area contributed by atoms with Crippen molar-refractivity contribution in [1.29, 1.82) is 0 Å². The molecule has 1 fully saturated rings. The molecule has 1 aliphatic rings. The van der Waals surface area contributed by atoms with Gasteiger partial charge in [-0.1, -0.05) is 23.7 Å². The lowest BCUT2D eigenvalue weighted by molar-refractivity contribution is -0.116. The average Bonchev–Trinajstić information content (AvgIpc) is 2.99. The molecule has 1 N–H and O–H groups in total. The monoisotopic (exact) mass is 221 g/mol. The van der Waals surface area contributed by atoms with Gasteiger partial charge in [-0.3, -0.25) is 4.79 Å². The fraction of sp³-hybridized carbons (Fsp3) is 0.250. The molecule has 0 spiro atoms. The number of benzene rings is 1. The van der Waals surface area contributed by atoms with E-state index in [-0.39, 0.29) is 5.91 Å².